The second-order valence-electron chi connectivity index (χ2n) is 9.76. The van der Waals surface area contributed by atoms with Crippen molar-refractivity contribution in [1.29, 1.82) is 0 Å². The highest BCUT2D eigenvalue weighted by molar-refractivity contribution is 6.06. The molecule has 2 saturated carbocycles. The van der Waals surface area contributed by atoms with E-state index in [-0.39, 0.29) is 60.8 Å². The Bertz CT molecular complexity index is 1170. The smallest absolute Gasteiger partial charge is 0.308 e. The molecule has 1 heterocycles. The third kappa shape index (κ3) is 3.40. The molecular weight excluding hydrogens is 430 g/mol. The van der Waals surface area contributed by atoms with Crippen molar-refractivity contribution in [3.63, 3.8) is 0 Å². The summed E-state index contributed by atoms with van der Waals surface area (Å²) < 4.78 is 5.15. The van der Waals surface area contributed by atoms with Crippen LogP contribution in [0.3, 0.4) is 0 Å². The van der Waals surface area contributed by atoms with Crippen molar-refractivity contribution in [2.45, 2.75) is 12.8 Å². The molecule has 172 valence electrons. The fourth-order valence-corrected chi connectivity index (χ4v) is 6.22. The predicted octanol–water partition coefficient (Wildman–Crippen LogP) is 3.52. The van der Waals surface area contributed by atoms with Crippen LogP contribution in [0.15, 0.2) is 66.7 Å². The molecule has 0 radical (unpaired) electrons. The number of nitrogens with zero attached hydrogens (tertiary/aromatic N) is 1. The van der Waals surface area contributed by atoms with Gasteiger partial charge in [-0.2, -0.15) is 0 Å². The van der Waals surface area contributed by atoms with E-state index in [4.69, 9.17) is 4.74 Å². The average Bonchev–Trinajstić information content (AvgIpc) is 3.66. The second kappa shape index (κ2) is 8.05. The molecule has 2 aromatic carbocycles. The molecule has 6 heteroatoms. The van der Waals surface area contributed by atoms with E-state index in [0.717, 1.165) is 17.5 Å². The Kier molecular flexibility index (Phi) is 4.97. The molecule has 1 saturated heterocycles. The summed E-state index contributed by atoms with van der Waals surface area (Å²) in [6, 6.07) is 17.0. The summed E-state index contributed by atoms with van der Waals surface area (Å²) >= 11 is 0. The van der Waals surface area contributed by atoms with E-state index in [1.807, 2.05) is 42.5 Å². The van der Waals surface area contributed by atoms with E-state index < -0.39 is 5.97 Å². The Labute approximate surface area is 197 Å². The summed E-state index contributed by atoms with van der Waals surface area (Å²) in [6.07, 6.45) is 5.26. The van der Waals surface area contributed by atoms with E-state index in [1.165, 1.54) is 4.90 Å². The molecule has 6 atom stereocenters. The first-order valence-corrected chi connectivity index (χ1v) is 11.9. The number of esters is 1. The first-order chi connectivity index (χ1) is 16.5. The molecule has 4 aliphatic carbocycles. The zero-order valence-corrected chi connectivity index (χ0v) is 18.6. The molecule has 2 amide bonds. The summed E-state index contributed by atoms with van der Waals surface area (Å²) in [5, 5.41) is 0. The monoisotopic (exact) mass is 455 g/mol. The normalized spacial score (nSPS) is 30.2. The van der Waals surface area contributed by atoms with Gasteiger partial charge >= 0.3 is 5.97 Å². The van der Waals surface area contributed by atoms with Gasteiger partial charge in [0.05, 0.1) is 18.3 Å². The largest absolute Gasteiger partial charge is 0.457 e. The quantitative estimate of drug-likeness (QED) is 0.276. The van der Waals surface area contributed by atoms with Crippen LogP contribution in [0.4, 0.5) is 0 Å². The number of carbonyl (C=O) groups is 4. The Hall–Kier alpha value is -3.54. The average molecular weight is 456 g/mol. The van der Waals surface area contributed by atoms with Gasteiger partial charge in [-0.25, -0.2) is 0 Å². The number of ketones is 1. The topological polar surface area (TPSA) is 80.8 Å². The number of likely N-dealkylation sites (tertiary alicyclic amines) is 1. The number of imide groups is 1. The van der Waals surface area contributed by atoms with E-state index in [9.17, 15) is 19.2 Å². The highest BCUT2D eigenvalue weighted by Crippen LogP contribution is 2.65. The number of hydrogen-bond donors (Lipinski definition) is 0. The first kappa shape index (κ1) is 21.0. The molecule has 0 N–H and O–H groups in total. The standard InChI is InChI=1S/C28H25NO5/c30-23(18-8-6-17(7-9-18)16-4-2-1-3-5-16)15-34-24(31)12-13-29-27(32)25-19-10-11-20(22-14-21(19)22)26(25)28(29)33/h1-11,19-22,25-26H,12-15H2. The Morgan fingerprint density at radius 2 is 1.41 bits per heavy atom. The SMILES string of the molecule is O=C(CCN1C(=O)C2C3C=CC(C4CC34)C2C1=O)OCC(=O)c1ccc(-c2ccccc2)cc1. The summed E-state index contributed by atoms with van der Waals surface area (Å²) in [7, 11) is 0. The number of ether oxygens (including phenoxy) is 1. The number of allylic oxidation sites excluding steroid dienone is 2. The minimum absolute atomic E-state index is 0.0121. The number of amides is 2. The van der Waals surface area contributed by atoms with Crippen LogP contribution in [0.2, 0.25) is 0 Å². The lowest BCUT2D eigenvalue weighted by molar-refractivity contribution is -0.145. The lowest BCUT2D eigenvalue weighted by Crippen LogP contribution is -2.40. The zero-order chi connectivity index (χ0) is 23.4. The predicted molar refractivity (Wildman–Crippen MR) is 123 cm³/mol. The number of Topliss-reactive ketones (excluding diaryl/α,β-unsaturated/α-hetero) is 1. The van der Waals surface area contributed by atoms with Crippen LogP contribution in [0.1, 0.15) is 23.2 Å². The minimum atomic E-state index is -0.589. The zero-order valence-electron chi connectivity index (χ0n) is 18.6. The first-order valence-electron chi connectivity index (χ1n) is 11.9. The van der Waals surface area contributed by atoms with E-state index in [0.29, 0.717) is 17.4 Å². The number of rotatable bonds is 7. The van der Waals surface area contributed by atoms with Gasteiger partial charge in [-0.15, -0.1) is 0 Å². The minimum Gasteiger partial charge on any atom is -0.457 e. The summed E-state index contributed by atoms with van der Waals surface area (Å²) in [4.78, 5) is 51.9. The van der Waals surface area contributed by atoms with Gasteiger partial charge in [-0.1, -0.05) is 66.7 Å². The van der Waals surface area contributed by atoms with Crippen molar-refractivity contribution in [3.05, 3.63) is 72.3 Å². The van der Waals surface area contributed by atoms with Crippen LogP contribution in [0.25, 0.3) is 11.1 Å². The van der Waals surface area contributed by atoms with Crippen molar-refractivity contribution < 1.29 is 23.9 Å². The van der Waals surface area contributed by atoms with Gasteiger partial charge in [-0.3, -0.25) is 24.1 Å². The highest BCUT2D eigenvalue weighted by atomic mass is 16.5. The second-order valence-corrected chi connectivity index (χ2v) is 9.76. The van der Waals surface area contributed by atoms with E-state index in [1.54, 1.807) is 12.1 Å². The molecule has 2 bridgehead atoms. The number of benzene rings is 2. The van der Waals surface area contributed by atoms with Crippen LogP contribution in [0.5, 0.6) is 0 Å². The molecule has 6 unspecified atom stereocenters. The lowest BCUT2D eigenvalue weighted by Gasteiger charge is -2.37. The molecule has 0 aromatic heterocycles. The van der Waals surface area contributed by atoms with Crippen molar-refractivity contribution in [2.75, 3.05) is 13.2 Å². The Morgan fingerprint density at radius 3 is 2.03 bits per heavy atom. The van der Waals surface area contributed by atoms with Crippen LogP contribution >= 0.6 is 0 Å². The van der Waals surface area contributed by atoms with Crippen molar-refractivity contribution >= 4 is 23.6 Å². The summed E-state index contributed by atoms with van der Waals surface area (Å²) in [5.74, 6) is -0.285. The molecule has 6 nitrogen and oxygen atoms in total. The third-order valence-electron chi connectivity index (χ3n) is 7.97. The van der Waals surface area contributed by atoms with Gasteiger partial charge in [0, 0.05) is 12.1 Å². The molecule has 0 spiro atoms. The maximum Gasteiger partial charge on any atom is 0.308 e. The summed E-state index contributed by atoms with van der Waals surface area (Å²) in [6.45, 7) is -0.355. The molecule has 1 aliphatic heterocycles. The van der Waals surface area contributed by atoms with Gasteiger partial charge in [0.2, 0.25) is 11.8 Å². The third-order valence-corrected chi connectivity index (χ3v) is 7.97. The van der Waals surface area contributed by atoms with Crippen LogP contribution in [-0.4, -0.2) is 41.6 Å². The van der Waals surface area contributed by atoms with Crippen LogP contribution < -0.4 is 0 Å². The maximum atomic E-state index is 13.0. The van der Waals surface area contributed by atoms with Crippen molar-refractivity contribution in [2.24, 2.45) is 35.5 Å². The molecule has 5 aliphatic rings. The van der Waals surface area contributed by atoms with Gasteiger partial charge in [0.1, 0.15) is 0 Å². The van der Waals surface area contributed by atoms with Crippen molar-refractivity contribution in [3.8, 4) is 11.1 Å². The van der Waals surface area contributed by atoms with Gasteiger partial charge < -0.3 is 4.74 Å². The van der Waals surface area contributed by atoms with Crippen LogP contribution in [0, 0.1) is 35.5 Å². The van der Waals surface area contributed by atoms with Gasteiger partial charge in [0.25, 0.3) is 0 Å². The highest BCUT2D eigenvalue weighted by Gasteiger charge is 2.66. The Balaban J connectivity index is 1.01. The Morgan fingerprint density at radius 1 is 0.824 bits per heavy atom. The van der Waals surface area contributed by atoms with Gasteiger partial charge in [0.15, 0.2) is 12.4 Å². The maximum absolute atomic E-state index is 13.0. The fourth-order valence-electron chi connectivity index (χ4n) is 6.22. The van der Waals surface area contributed by atoms with Gasteiger partial charge in [-0.05, 0) is 41.2 Å². The van der Waals surface area contributed by atoms with E-state index in [2.05, 4.69) is 12.2 Å². The molecule has 3 fully saturated rings. The molecule has 7 rings (SSSR count). The van der Waals surface area contributed by atoms with Crippen LogP contribution in [-0.2, 0) is 19.1 Å². The molecular formula is C28H25NO5. The lowest BCUT2D eigenvalue weighted by atomic mass is 9.63. The number of hydrogen-bond acceptors (Lipinski definition) is 5. The fraction of sp³-hybridized carbons (Fsp3) is 0.357. The number of carbonyl (C=O) groups excluding carboxylic acids is 4. The van der Waals surface area contributed by atoms with E-state index >= 15 is 0 Å². The summed E-state index contributed by atoms with van der Waals surface area (Å²) in [5.41, 5.74) is 2.51. The molecule has 2 aromatic rings. The molecule has 34 heavy (non-hydrogen) atoms. The van der Waals surface area contributed by atoms with Crippen molar-refractivity contribution in [1.82, 2.24) is 4.90 Å².